The summed E-state index contributed by atoms with van der Waals surface area (Å²) in [6.07, 6.45) is 2.13. The average Bonchev–Trinajstić information content (AvgIpc) is 2.45. The molecule has 0 unspecified atom stereocenters. The topological polar surface area (TPSA) is 80.9 Å². The Bertz CT molecular complexity index is 630. The van der Waals surface area contributed by atoms with Crippen molar-refractivity contribution in [2.45, 2.75) is 13.3 Å². The summed E-state index contributed by atoms with van der Waals surface area (Å²) in [5.74, 6) is -0.570. The summed E-state index contributed by atoms with van der Waals surface area (Å²) in [7, 11) is 0. The Morgan fingerprint density at radius 3 is 2.80 bits per heavy atom. The third-order valence-corrected chi connectivity index (χ3v) is 2.71. The maximum absolute atomic E-state index is 13.6. The van der Waals surface area contributed by atoms with E-state index in [-0.39, 0.29) is 28.7 Å². The van der Waals surface area contributed by atoms with Crippen LogP contribution in [0.5, 0.6) is 0 Å². The molecular formula is C14H15FN4O. The smallest absolute Gasteiger partial charge is 0.256 e. The van der Waals surface area contributed by atoms with Crippen LogP contribution in [0.25, 0.3) is 11.4 Å². The lowest BCUT2D eigenvalue weighted by atomic mass is 10.2. The van der Waals surface area contributed by atoms with Crippen molar-refractivity contribution in [1.82, 2.24) is 15.3 Å². The number of hydrogen-bond donors (Lipinski definition) is 2. The van der Waals surface area contributed by atoms with Crippen molar-refractivity contribution < 1.29 is 9.18 Å². The van der Waals surface area contributed by atoms with Crippen LogP contribution in [-0.2, 0) is 0 Å². The first-order valence-corrected chi connectivity index (χ1v) is 6.29. The molecule has 0 saturated carbocycles. The summed E-state index contributed by atoms with van der Waals surface area (Å²) in [5, 5.41) is 2.69. The van der Waals surface area contributed by atoms with Crippen LogP contribution in [0.15, 0.2) is 30.5 Å². The number of nitrogens with two attached hydrogens (primary N) is 1. The fourth-order valence-corrected chi connectivity index (χ4v) is 1.68. The van der Waals surface area contributed by atoms with Gasteiger partial charge in [-0.25, -0.2) is 14.4 Å². The molecule has 104 valence electrons. The lowest BCUT2D eigenvalue weighted by Gasteiger charge is -2.07. The van der Waals surface area contributed by atoms with Gasteiger partial charge in [0.2, 0.25) is 0 Å². The van der Waals surface area contributed by atoms with Gasteiger partial charge in [-0.1, -0.05) is 19.1 Å². The lowest BCUT2D eigenvalue weighted by molar-refractivity contribution is 0.0954. The van der Waals surface area contributed by atoms with Crippen LogP contribution in [0.2, 0.25) is 0 Å². The largest absolute Gasteiger partial charge is 0.383 e. The minimum atomic E-state index is -0.435. The number of carbonyl (C=O) groups is 1. The van der Waals surface area contributed by atoms with E-state index in [1.807, 2.05) is 6.92 Å². The fourth-order valence-electron chi connectivity index (χ4n) is 1.68. The van der Waals surface area contributed by atoms with E-state index in [9.17, 15) is 9.18 Å². The Hall–Kier alpha value is -2.50. The number of hydrogen-bond acceptors (Lipinski definition) is 4. The maximum Gasteiger partial charge on any atom is 0.256 e. The summed E-state index contributed by atoms with van der Waals surface area (Å²) >= 11 is 0. The third kappa shape index (κ3) is 2.90. The second kappa shape index (κ2) is 6.10. The van der Waals surface area contributed by atoms with Gasteiger partial charge in [-0.15, -0.1) is 0 Å². The zero-order valence-corrected chi connectivity index (χ0v) is 11.1. The van der Waals surface area contributed by atoms with Gasteiger partial charge in [-0.05, 0) is 18.6 Å². The lowest BCUT2D eigenvalue weighted by Crippen LogP contribution is -2.25. The van der Waals surface area contributed by atoms with Crippen LogP contribution in [0, 0.1) is 5.82 Å². The molecule has 2 rings (SSSR count). The van der Waals surface area contributed by atoms with E-state index in [1.165, 1.54) is 12.3 Å². The van der Waals surface area contributed by atoms with Crippen molar-refractivity contribution >= 4 is 11.7 Å². The zero-order valence-electron chi connectivity index (χ0n) is 11.1. The molecule has 1 amide bonds. The third-order valence-electron chi connectivity index (χ3n) is 2.71. The summed E-state index contributed by atoms with van der Waals surface area (Å²) in [5.41, 5.74) is 6.19. The van der Waals surface area contributed by atoms with E-state index in [2.05, 4.69) is 15.3 Å². The second-order valence-corrected chi connectivity index (χ2v) is 4.23. The van der Waals surface area contributed by atoms with Crippen molar-refractivity contribution in [2.24, 2.45) is 0 Å². The van der Waals surface area contributed by atoms with Gasteiger partial charge in [0.15, 0.2) is 5.82 Å². The maximum atomic E-state index is 13.6. The molecule has 6 heteroatoms. The molecule has 0 saturated heterocycles. The molecule has 0 aliphatic heterocycles. The fraction of sp³-hybridized carbons (Fsp3) is 0.214. The van der Waals surface area contributed by atoms with E-state index in [4.69, 9.17) is 5.73 Å². The van der Waals surface area contributed by atoms with Gasteiger partial charge in [-0.3, -0.25) is 4.79 Å². The first kappa shape index (κ1) is 13.9. The van der Waals surface area contributed by atoms with Crippen LogP contribution in [0.3, 0.4) is 0 Å². The number of rotatable bonds is 4. The predicted molar refractivity (Wildman–Crippen MR) is 74.5 cm³/mol. The second-order valence-electron chi connectivity index (χ2n) is 4.23. The molecule has 1 aromatic carbocycles. The molecule has 3 N–H and O–H groups in total. The molecule has 1 aromatic heterocycles. The predicted octanol–water partition coefficient (Wildman–Crippen LogP) is 2.00. The quantitative estimate of drug-likeness (QED) is 0.893. The molecular weight excluding hydrogens is 259 g/mol. The first-order chi connectivity index (χ1) is 9.63. The minimum Gasteiger partial charge on any atom is -0.383 e. The molecule has 0 atom stereocenters. The van der Waals surface area contributed by atoms with Gasteiger partial charge >= 0.3 is 0 Å². The molecule has 2 aromatic rings. The number of anilines is 1. The van der Waals surface area contributed by atoms with E-state index >= 15 is 0 Å². The Morgan fingerprint density at radius 1 is 1.40 bits per heavy atom. The van der Waals surface area contributed by atoms with Crippen molar-refractivity contribution in [3.63, 3.8) is 0 Å². The van der Waals surface area contributed by atoms with E-state index in [0.29, 0.717) is 6.54 Å². The summed E-state index contributed by atoms with van der Waals surface area (Å²) in [6, 6.07) is 6.13. The summed E-state index contributed by atoms with van der Waals surface area (Å²) < 4.78 is 13.6. The van der Waals surface area contributed by atoms with Crippen LogP contribution in [-0.4, -0.2) is 22.4 Å². The van der Waals surface area contributed by atoms with E-state index in [0.717, 1.165) is 6.42 Å². The highest BCUT2D eigenvalue weighted by Crippen LogP contribution is 2.20. The van der Waals surface area contributed by atoms with Gasteiger partial charge in [0.1, 0.15) is 11.6 Å². The van der Waals surface area contributed by atoms with E-state index in [1.54, 1.807) is 18.2 Å². The van der Waals surface area contributed by atoms with Crippen LogP contribution < -0.4 is 11.1 Å². The molecule has 20 heavy (non-hydrogen) atoms. The number of carbonyl (C=O) groups excluding carboxylic acids is 1. The highest BCUT2D eigenvalue weighted by atomic mass is 19.1. The molecule has 1 heterocycles. The molecule has 0 aliphatic rings. The Morgan fingerprint density at radius 2 is 2.15 bits per heavy atom. The van der Waals surface area contributed by atoms with Crippen molar-refractivity contribution in [2.75, 3.05) is 12.3 Å². The first-order valence-electron chi connectivity index (χ1n) is 6.29. The number of amides is 1. The van der Waals surface area contributed by atoms with Gasteiger partial charge in [0.25, 0.3) is 5.91 Å². The van der Waals surface area contributed by atoms with Gasteiger partial charge < -0.3 is 11.1 Å². The Balaban J connectivity index is 2.31. The zero-order chi connectivity index (χ0) is 14.5. The molecule has 0 bridgehead atoms. The summed E-state index contributed by atoms with van der Waals surface area (Å²) in [4.78, 5) is 19.8. The number of nitrogens with one attached hydrogen (secondary N) is 1. The Labute approximate surface area is 116 Å². The standard InChI is InChI=1S/C14H15FN4O/c1-2-7-17-14(20)10-8-18-13(19-12(10)16)9-5-3-4-6-11(9)15/h3-6,8H,2,7H2,1H3,(H,17,20)(H2,16,18,19). The van der Waals surface area contributed by atoms with Gasteiger partial charge in [-0.2, -0.15) is 0 Å². The summed E-state index contributed by atoms with van der Waals surface area (Å²) in [6.45, 7) is 2.49. The SMILES string of the molecule is CCCNC(=O)c1cnc(-c2ccccc2F)nc1N. The van der Waals surface area contributed by atoms with Gasteiger partial charge in [0.05, 0.1) is 11.1 Å². The van der Waals surface area contributed by atoms with Crippen molar-refractivity contribution in [3.8, 4) is 11.4 Å². The minimum absolute atomic E-state index is 0.0341. The Kier molecular flexibility index (Phi) is 4.24. The number of nitrogen functional groups attached to an aromatic ring is 1. The molecule has 0 spiro atoms. The van der Waals surface area contributed by atoms with Crippen molar-refractivity contribution in [1.29, 1.82) is 0 Å². The van der Waals surface area contributed by atoms with E-state index < -0.39 is 5.82 Å². The highest BCUT2D eigenvalue weighted by molar-refractivity contribution is 5.98. The van der Waals surface area contributed by atoms with Crippen molar-refractivity contribution in [3.05, 3.63) is 41.8 Å². The average molecular weight is 274 g/mol. The number of benzene rings is 1. The molecule has 0 fully saturated rings. The molecule has 5 nitrogen and oxygen atoms in total. The molecule has 0 radical (unpaired) electrons. The number of aromatic nitrogens is 2. The highest BCUT2D eigenvalue weighted by Gasteiger charge is 2.14. The number of nitrogens with zero attached hydrogens (tertiary/aromatic N) is 2. The van der Waals surface area contributed by atoms with Crippen LogP contribution in [0.4, 0.5) is 10.2 Å². The number of halogens is 1. The monoisotopic (exact) mass is 274 g/mol. The van der Waals surface area contributed by atoms with Crippen LogP contribution in [0.1, 0.15) is 23.7 Å². The van der Waals surface area contributed by atoms with Gasteiger partial charge in [0, 0.05) is 12.7 Å². The normalized spacial score (nSPS) is 10.3. The molecule has 0 aliphatic carbocycles. The van der Waals surface area contributed by atoms with Crippen LogP contribution >= 0.6 is 0 Å².